The number of nitrogen functional groups attached to an aromatic ring is 1. The maximum atomic E-state index is 12.2. The van der Waals surface area contributed by atoms with Crippen molar-refractivity contribution in [1.29, 1.82) is 0 Å². The summed E-state index contributed by atoms with van der Waals surface area (Å²) in [6.07, 6.45) is 1.44. The van der Waals surface area contributed by atoms with Gasteiger partial charge in [-0.1, -0.05) is 0 Å². The second-order valence-electron chi connectivity index (χ2n) is 3.67. The lowest BCUT2D eigenvalue weighted by molar-refractivity contribution is 0.772. The number of fused-ring (bicyclic) bond motifs is 1. The van der Waals surface area contributed by atoms with Crippen molar-refractivity contribution < 1.29 is 0 Å². The Hall–Kier alpha value is -1.42. The molecule has 0 radical (unpaired) electrons. The molecule has 18 heavy (non-hydrogen) atoms. The summed E-state index contributed by atoms with van der Waals surface area (Å²) < 4.78 is 2.61. The molecule has 0 amide bonds. The van der Waals surface area contributed by atoms with Gasteiger partial charge in [0, 0.05) is 4.88 Å². The molecule has 0 bridgehead atoms. The number of imidazole rings is 1. The van der Waals surface area contributed by atoms with E-state index < -0.39 is 0 Å². The summed E-state index contributed by atoms with van der Waals surface area (Å²) in [7, 11) is 0. The van der Waals surface area contributed by atoms with Crippen molar-refractivity contribution in [3.8, 4) is 0 Å². The predicted octanol–water partition coefficient (Wildman–Crippen LogP) is 1.42. The van der Waals surface area contributed by atoms with Crippen molar-refractivity contribution in [3.05, 3.63) is 36.6 Å². The summed E-state index contributed by atoms with van der Waals surface area (Å²) in [6, 6.07) is 3.98. The standard InChI is InChI=1S/C10H8IN5OS/c11-6-2-1-5(18-6)3-16-9(17)7-8(14-4-13-7)15-10(16)12/h1-2,4H,3H2,(H2,12,15)(H,13,14). The molecule has 0 aromatic carbocycles. The zero-order valence-corrected chi connectivity index (χ0v) is 12.0. The first-order chi connectivity index (χ1) is 8.65. The van der Waals surface area contributed by atoms with Crippen LogP contribution in [0.3, 0.4) is 0 Å². The van der Waals surface area contributed by atoms with Crippen LogP contribution in [0.5, 0.6) is 0 Å². The smallest absolute Gasteiger partial charge is 0.283 e. The molecule has 0 spiro atoms. The van der Waals surface area contributed by atoms with Gasteiger partial charge in [0.05, 0.1) is 15.8 Å². The van der Waals surface area contributed by atoms with Gasteiger partial charge in [0.1, 0.15) is 0 Å². The Morgan fingerprint density at radius 2 is 2.33 bits per heavy atom. The topological polar surface area (TPSA) is 89.6 Å². The number of halogens is 1. The largest absolute Gasteiger partial charge is 0.369 e. The third kappa shape index (κ3) is 1.90. The Labute approximate surface area is 119 Å². The van der Waals surface area contributed by atoms with Gasteiger partial charge in [0.2, 0.25) is 5.95 Å². The molecule has 3 rings (SSSR count). The summed E-state index contributed by atoms with van der Waals surface area (Å²) in [5.41, 5.74) is 6.33. The Kier molecular flexibility index (Phi) is 2.82. The number of nitrogens with one attached hydrogen (secondary N) is 1. The summed E-state index contributed by atoms with van der Waals surface area (Å²) in [6.45, 7) is 0.425. The van der Waals surface area contributed by atoms with Crippen LogP contribution in [-0.4, -0.2) is 19.5 Å². The average Bonchev–Trinajstić information content (AvgIpc) is 2.93. The number of hydrogen-bond donors (Lipinski definition) is 2. The van der Waals surface area contributed by atoms with Gasteiger partial charge in [0.25, 0.3) is 5.56 Å². The van der Waals surface area contributed by atoms with E-state index in [4.69, 9.17) is 5.73 Å². The zero-order chi connectivity index (χ0) is 12.7. The number of nitrogens with zero attached hydrogens (tertiary/aromatic N) is 3. The minimum absolute atomic E-state index is 0.195. The Bertz CT molecular complexity index is 774. The van der Waals surface area contributed by atoms with Crippen LogP contribution in [0.15, 0.2) is 23.3 Å². The molecule has 0 aliphatic rings. The van der Waals surface area contributed by atoms with Gasteiger partial charge in [-0.25, -0.2) is 4.98 Å². The van der Waals surface area contributed by atoms with Gasteiger partial charge in [-0.05, 0) is 34.7 Å². The predicted molar refractivity (Wildman–Crippen MR) is 78.7 cm³/mol. The molecule has 8 heteroatoms. The summed E-state index contributed by atoms with van der Waals surface area (Å²) in [5, 5.41) is 0. The van der Waals surface area contributed by atoms with Gasteiger partial charge in [-0.15, -0.1) is 11.3 Å². The van der Waals surface area contributed by atoms with Crippen LogP contribution in [0, 0.1) is 2.88 Å². The van der Waals surface area contributed by atoms with Gasteiger partial charge in [-0.3, -0.25) is 9.36 Å². The fraction of sp³-hybridized carbons (Fsp3) is 0.100. The molecule has 0 atom stereocenters. The molecule has 3 aromatic rings. The number of hydrogen-bond acceptors (Lipinski definition) is 5. The van der Waals surface area contributed by atoms with Crippen molar-refractivity contribution in [2.75, 3.05) is 5.73 Å². The van der Waals surface area contributed by atoms with E-state index in [2.05, 4.69) is 37.5 Å². The summed E-state index contributed by atoms with van der Waals surface area (Å²) in [4.78, 5) is 24.1. The lowest BCUT2D eigenvalue weighted by atomic mass is 10.4. The van der Waals surface area contributed by atoms with Crippen LogP contribution in [-0.2, 0) is 6.54 Å². The number of nitrogens with two attached hydrogens (primary N) is 1. The monoisotopic (exact) mass is 373 g/mol. The Morgan fingerprint density at radius 3 is 3.06 bits per heavy atom. The SMILES string of the molecule is Nc1nc2[nH]cnc2c(=O)n1Cc1ccc(I)s1. The maximum Gasteiger partial charge on any atom is 0.283 e. The molecular weight excluding hydrogens is 365 g/mol. The van der Waals surface area contributed by atoms with Gasteiger partial charge >= 0.3 is 0 Å². The summed E-state index contributed by atoms with van der Waals surface area (Å²) in [5.74, 6) is 0.195. The van der Waals surface area contributed by atoms with E-state index in [-0.39, 0.29) is 11.5 Å². The summed E-state index contributed by atoms with van der Waals surface area (Å²) >= 11 is 3.86. The maximum absolute atomic E-state index is 12.2. The average molecular weight is 373 g/mol. The molecule has 0 saturated heterocycles. The van der Waals surface area contributed by atoms with Crippen molar-refractivity contribution in [3.63, 3.8) is 0 Å². The molecule has 0 saturated carbocycles. The van der Waals surface area contributed by atoms with Crippen molar-refractivity contribution in [1.82, 2.24) is 19.5 Å². The first kappa shape index (κ1) is 11.7. The fourth-order valence-electron chi connectivity index (χ4n) is 1.68. The van der Waals surface area contributed by atoms with E-state index >= 15 is 0 Å². The highest BCUT2D eigenvalue weighted by molar-refractivity contribution is 14.1. The number of H-pyrrole nitrogens is 1. The molecule has 3 aromatic heterocycles. The fourth-order valence-corrected chi connectivity index (χ4v) is 3.43. The quantitative estimate of drug-likeness (QED) is 0.665. The highest BCUT2D eigenvalue weighted by Gasteiger charge is 2.11. The van der Waals surface area contributed by atoms with Crippen LogP contribution in [0.4, 0.5) is 5.95 Å². The lowest BCUT2D eigenvalue weighted by Gasteiger charge is -2.06. The number of aromatic amines is 1. The van der Waals surface area contributed by atoms with E-state index in [0.717, 1.165) is 4.88 Å². The number of aromatic nitrogens is 4. The van der Waals surface area contributed by atoms with E-state index in [0.29, 0.717) is 17.7 Å². The first-order valence-corrected chi connectivity index (χ1v) is 6.98. The molecular formula is C10H8IN5OS. The number of thiophene rings is 1. The van der Waals surface area contributed by atoms with Crippen LogP contribution < -0.4 is 11.3 Å². The van der Waals surface area contributed by atoms with Gasteiger partial charge < -0.3 is 10.7 Å². The molecule has 0 aliphatic carbocycles. The normalized spacial score (nSPS) is 11.2. The molecule has 0 aliphatic heterocycles. The molecule has 0 unspecified atom stereocenters. The number of anilines is 1. The molecule has 0 fully saturated rings. The van der Waals surface area contributed by atoms with Crippen LogP contribution in [0.2, 0.25) is 0 Å². The molecule has 3 heterocycles. The Balaban J connectivity index is 2.13. The van der Waals surface area contributed by atoms with Crippen molar-refractivity contribution in [2.45, 2.75) is 6.54 Å². The van der Waals surface area contributed by atoms with E-state index in [1.807, 2.05) is 12.1 Å². The van der Waals surface area contributed by atoms with E-state index in [1.54, 1.807) is 11.3 Å². The highest BCUT2D eigenvalue weighted by Crippen LogP contribution is 2.19. The highest BCUT2D eigenvalue weighted by atomic mass is 127. The van der Waals surface area contributed by atoms with Gasteiger partial charge in [0.15, 0.2) is 11.2 Å². The minimum Gasteiger partial charge on any atom is -0.369 e. The number of rotatable bonds is 2. The lowest BCUT2D eigenvalue weighted by Crippen LogP contribution is -2.24. The van der Waals surface area contributed by atoms with Crippen molar-refractivity contribution >= 4 is 51.0 Å². The second-order valence-corrected chi connectivity index (χ2v) is 6.73. The second kappa shape index (κ2) is 4.35. The van der Waals surface area contributed by atoms with Crippen LogP contribution >= 0.6 is 33.9 Å². The first-order valence-electron chi connectivity index (χ1n) is 5.09. The zero-order valence-electron chi connectivity index (χ0n) is 9.05. The van der Waals surface area contributed by atoms with Gasteiger partial charge in [-0.2, -0.15) is 4.98 Å². The van der Waals surface area contributed by atoms with Crippen molar-refractivity contribution in [2.24, 2.45) is 0 Å². The third-order valence-corrected chi connectivity index (χ3v) is 4.39. The molecule has 92 valence electrons. The van der Waals surface area contributed by atoms with E-state index in [9.17, 15) is 4.79 Å². The minimum atomic E-state index is -0.220. The molecule has 6 nitrogen and oxygen atoms in total. The van der Waals surface area contributed by atoms with E-state index in [1.165, 1.54) is 13.8 Å². The molecule has 3 N–H and O–H groups in total. The van der Waals surface area contributed by atoms with Crippen LogP contribution in [0.1, 0.15) is 4.88 Å². The van der Waals surface area contributed by atoms with Crippen LogP contribution in [0.25, 0.3) is 11.2 Å². The third-order valence-electron chi connectivity index (χ3n) is 2.51. The Morgan fingerprint density at radius 1 is 1.50 bits per heavy atom.